The molecule has 2 heterocycles. The van der Waals surface area contributed by atoms with Crippen molar-refractivity contribution in [2.45, 2.75) is 32.1 Å². The van der Waals surface area contributed by atoms with Crippen molar-refractivity contribution in [3.8, 4) is 17.3 Å². The van der Waals surface area contributed by atoms with E-state index in [1.54, 1.807) is 19.5 Å². The third-order valence-electron chi connectivity index (χ3n) is 5.89. The fourth-order valence-electron chi connectivity index (χ4n) is 4.51. The SMILES string of the molecule is [C-]#[N+]C1=C[C@]2(C)c3nc(-c4cccnc4)nc(OC)c3CC[C@H]2[C@H](C)C1=O. The number of nitrogens with zero attached hydrogens (tertiary/aromatic N) is 4. The van der Waals surface area contributed by atoms with Gasteiger partial charge in [0.25, 0.3) is 0 Å². The smallest absolute Gasteiger partial charge is 0.226 e. The molecule has 0 bridgehead atoms. The van der Waals surface area contributed by atoms with Crippen LogP contribution in [0.15, 0.2) is 36.3 Å². The zero-order valence-corrected chi connectivity index (χ0v) is 15.6. The van der Waals surface area contributed by atoms with Crippen LogP contribution in [-0.2, 0) is 16.6 Å². The van der Waals surface area contributed by atoms with Gasteiger partial charge in [-0.15, -0.1) is 0 Å². The third kappa shape index (κ3) is 2.54. The normalized spacial score (nSPS) is 26.4. The van der Waals surface area contributed by atoms with E-state index in [-0.39, 0.29) is 23.3 Å². The van der Waals surface area contributed by atoms with E-state index >= 15 is 0 Å². The lowest BCUT2D eigenvalue weighted by Gasteiger charge is -2.45. The van der Waals surface area contributed by atoms with Crippen molar-refractivity contribution in [1.29, 1.82) is 0 Å². The summed E-state index contributed by atoms with van der Waals surface area (Å²) in [5.41, 5.74) is 2.32. The van der Waals surface area contributed by atoms with Crippen LogP contribution in [0, 0.1) is 18.4 Å². The Morgan fingerprint density at radius 2 is 2.19 bits per heavy atom. The minimum absolute atomic E-state index is 0.0653. The number of carbonyl (C=O) groups excluding carboxylic acids is 1. The van der Waals surface area contributed by atoms with E-state index in [1.165, 1.54) is 0 Å². The lowest BCUT2D eigenvalue weighted by molar-refractivity contribution is -0.121. The Labute approximate surface area is 158 Å². The molecule has 6 heteroatoms. The van der Waals surface area contributed by atoms with Crippen LogP contribution >= 0.6 is 0 Å². The Balaban J connectivity index is 1.98. The maximum atomic E-state index is 12.5. The van der Waals surface area contributed by atoms with Crippen molar-refractivity contribution < 1.29 is 9.53 Å². The highest BCUT2D eigenvalue weighted by atomic mass is 16.5. The molecule has 2 aliphatic rings. The minimum atomic E-state index is -0.506. The Hall–Kier alpha value is -3.07. The van der Waals surface area contributed by atoms with Gasteiger partial charge in [0.2, 0.25) is 11.6 Å². The number of ketones is 1. The molecule has 136 valence electrons. The maximum absolute atomic E-state index is 12.5. The van der Waals surface area contributed by atoms with Crippen molar-refractivity contribution >= 4 is 5.78 Å². The van der Waals surface area contributed by atoms with Crippen molar-refractivity contribution in [3.05, 3.63) is 59.0 Å². The second-order valence-electron chi connectivity index (χ2n) is 7.35. The molecule has 0 spiro atoms. The number of methoxy groups -OCH3 is 1. The van der Waals surface area contributed by atoms with Crippen molar-refractivity contribution in [2.75, 3.05) is 7.11 Å². The van der Waals surface area contributed by atoms with Gasteiger partial charge in [0, 0.05) is 34.9 Å². The van der Waals surface area contributed by atoms with Gasteiger partial charge < -0.3 is 9.53 Å². The summed E-state index contributed by atoms with van der Waals surface area (Å²) in [6.45, 7) is 11.4. The standard InChI is InChI=1S/C21H20N4O2/c1-12-15-8-7-14-18(21(15,2)10-16(22-3)17(12)26)24-19(25-20(14)27-4)13-6-5-9-23-11-13/h5-6,9-12,15H,7-8H2,1-2,4H3/t12-,15-,21-/m0/s1. The highest BCUT2D eigenvalue weighted by Crippen LogP contribution is 2.50. The van der Waals surface area contributed by atoms with Crippen LogP contribution in [0.4, 0.5) is 0 Å². The van der Waals surface area contributed by atoms with Crippen LogP contribution in [-0.4, -0.2) is 27.8 Å². The molecule has 27 heavy (non-hydrogen) atoms. The zero-order chi connectivity index (χ0) is 19.2. The molecule has 0 radical (unpaired) electrons. The number of hydrogen-bond acceptors (Lipinski definition) is 5. The number of ether oxygens (including phenoxy) is 1. The summed E-state index contributed by atoms with van der Waals surface area (Å²) < 4.78 is 5.58. The summed E-state index contributed by atoms with van der Waals surface area (Å²) in [5.74, 6) is 0.928. The second kappa shape index (κ2) is 6.27. The molecule has 2 aromatic rings. The average Bonchev–Trinajstić information content (AvgIpc) is 2.70. The summed E-state index contributed by atoms with van der Waals surface area (Å²) in [7, 11) is 1.61. The molecular formula is C21H20N4O2. The van der Waals surface area contributed by atoms with Crippen LogP contribution in [0.25, 0.3) is 16.2 Å². The lowest BCUT2D eigenvalue weighted by atomic mass is 9.58. The molecule has 0 unspecified atom stereocenters. The van der Waals surface area contributed by atoms with Crippen molar-refractivity contribution in [3.63, 3.8) is 0 Å². The number of Topliss-reactive ketones (excluding diaryl/α,β-unsaturated/α-hetero) is 1. The van der Waals surface area contributed by atoms with E-state index in [1.807, 2.05) is 25.1 Å². The van der Waals surface area contributed by atoms with Crippen molar-refractivity contribution in [2.24, 2.45) is 11.8 Å². The Kier molecular flexibility index (Phi) is 4.03. The van der Waals surface area contributed by atoms with Crippen LogP contribution < -0.4 is 4.74 Å². The van der Waals surface area contributed by atoms with Gasteiger partial charge in [-0.2, -0.15) is 4.98 Å². The van der Waals surface area contributed by atoms with Gasteiger partial charge in [-0.25, -0.2) is 9.83 Å². The molecular weight excluding hydrogens is 340 g/mol. The van der Waals surface area contributed by atoms with Crippen LogP contribution in [0.2, 0.25) is 0 Å². The van der Waals surface area contributed by atoms with E-state index in [9.17, 15) is 4.79 Å². The first-order chi connectivity index (χ1) is 13.0. The summed E-state index contributed by atoms with van der Waals surface area (Å²) >= 11 is 0. The monoisotopic (exact) mass is 360 g/mol. The van der Waals surface area contributed by atoms with Crippen LogP contribution in [0.5, 0.6) is 5.88 Å². The minimum Gasteiger partial charge on any atom is -0.481 e. The van der Waals surface area contributed by atoms with Gasteiger partial charge >= 0.3 is 0 Å². The topological polar surface area (TPSA) is 69.3 Å². The third-order valence-corrected chi connectivity index (χ3v) is 5.89. The van der Waals surface area contributed by atoms with Gasteiger partial charge in [0.1, 0.15) is 0 Å². The summed E-state index contributed by atoms with van der Waals surface area (Å²) in [4.78, 5) is 29.7. The summed E-state index contributed by atoms with van der Waals surface area (Å²) in [6, 6.07) is 3.75. The first-order valence-electron chi connectivity index (χ1n) is 9.00. The first-order valence-corrected chi connectivity index (χ1v) is 9.00. The fraction of sp³-hybridized carbons (Fsp3) is 0.381. The second-order valence-corrected chi connectivity index (χ2v) is 7.35. The number of carbonyl (C=O) groups is 1. The molecule has 2 aromatic heterocycles. The van der Waals surface area contributed by atoms with E-state index in [2.05, 4.69) is 21.7 Å². The summed E-state index contributed by atoms with van der Waals surface area (Å²) in [5, 5.41) is 0. The molecule has 0 saturated heterocycles. The van der Waals surface area contributed by atoms with E-state index in [4.69, 9.17) is 16.3 Å². The quantitative estimate of drug-likeness (QED) is 0.768. The predicted octanol–water partition coefficient (Wildman–Crippen LogP) is 3.39. The fourth-order valence-corrected chi connectivity index (χ4v) is 4.51. The molecule has 0 fully saturated rings. The number of fused-ring (bicyclic) bond motifs is 3. The molecule has 3 atom stereocenters. The zero-order valence-electron chi connectivity index (χ0n) is 15.6. The number of allylic oxidation sites excluding steroid dienone is 2. The highest BCUT2D eigenvalue weighted by molar-refractivity contribution is 6.00. The Morgan fingerprint density at radius 1 is 1.37 bits per heavy atom. The number of rotatable bonds is 2. The largest absolute Gasteiger partial charge is 0.481 e. The highest BCUT2D eigenvalue weighted by Gasteiger charge is 2.49. The molecule has 2 aliphatic carbocycles. The maximum Gasteiger partial charge on any atom is 0.226 e. The molecule has 6 nitrogen and oxygen atoms in total. The van der Waals surface area contributed by atoms with Gasteiger partial charge in [0.05, 0.1) is 19.4 Å². The molecule has 0 saturated carbocycles. The van der Waals surface area contributed by atoms with E-state index < -0.39 is 5.41 Å². The first kappa shape index (κ1) is 17.3. The lowest BCUT2D eigenvalue weighted by Crippen LogP contribution is -2.46. The van der Waals surface area contributed by atoms with Crippen LogP contribution in [0.3, 0.4) is 0 Å². The predicted molar refractivity (Wildman–Crippen MR) is 99.8 cm³/mol. The van der Waals surface area contributed by atoms with Gasteiger partial charge in [-0.3, -0.25) is 4.98 Å². The molecule has 0 aromatic carbocycles. The molecule has 4 rings (SSSR count). The molecule has 0 aliphatic heterocycles. The van der Waals surface area contributed by atoms with Gasteiger partial charge in [-0.1, -0.05) is 19.9 Å². The van der Waals surface area contributed by atoms with E-state index in [0.29, 0.717) is 11.7 Å². The molecule has 0 amide bonds. The number of aromatic nitrogens is 3. The summed E-state index contributed by atoms with van der Waals surface area (Å²) in [6.07, 6.45) is 6.83. The van der Waals surface area contributed by atoms with Gasteiger partial charge in [0.15, 0.2) is 11.6 Å². The average molecular weight is 360 g/mol. The van der Waals surface area contributed by atoms with E-state index in [0.717, 1.165) is 29.7 Å². The Morgan fingerprint density at radius 3 is 2.85 bits per heavy atom. The number of pyridine rings is 1. The van der Waals surface area contributed by atoms with Gasteiger partial charge in [-0.05, 0) is 30.9 Å². The molecule has 0 N–H and O–H groups in total. The van der Waals surface area contributed by atoms with Crippen LogP contribution in [0.1, 0.15) is 31.5 Å². The van der Waals surface area contributed by atoms with Crippen molar-refractivity contribution in [1.82, 2.24) is 15.0 Å². The number of hydrogen-bond donors (Lipinski definition) is 0. The Bertz CT molecular complexity index is 993.